The lowest BCUT2D eigenvalue weighted by atomic mass is 10.1. The van der Waals surface area contributed by atoms with Crippen molar-refractivity contribution < 1.29 is 4.79 Å². The summed E-state index contributed by atoms with van der Waals surface area (Å²) in [6.45, 7) is 4.63. The summed E-state index contributed by atoms with van der Waals surface area (Å²) in [4.78, 5) is 13.1. The number of hydrogen-bond donors (Lipinski definition) is 2. The molecule has 0 radical (unpaired) electrons. The maximum atomic E-state index is 12.0. The molecule has 1 unspecified atom stereocenters. The number of likely N-dealkylation sites (N-methyl/N-ethyl adjacent to an activating group) is 1. The molecule has 1 aromatic rings. The van der Waals surface area contributed by atoms with Crippen LogP contribution in [-0.2, 0) is 0 Å². The van der Waals surface area contributed by atoms with E-state index in [4.69, 9.17) is 0 Å². The van der Waals surface area contributed by atoms with Crippen molar-refractivity contribution in [3.05, 3.63) is 29.3 Å². The first-order valence-electron chi connectivity index (χ1n) is 5.68. The Kier molecular flexibility index (Phi) is 8.07. The number of halogens is 1. The minimum atomic E-state index is 0. The molecule has 0 aliphatic rings. The summed E-state index contributed by atoms with van der Waals surface area (Å²) in [5.41, 5.74) is 1.78. The van der Waals surface area contributed by atoms with Crippen LogP contribution in [0.3, 0.4) is 0 Å². The summed E-state index contributed by atoms with van der Waals surface area (Å²) in [6, 6.07) is 6.25. The van der Waals surface area contributed by atoms with Gasteiger partial charge in [-0.15, -0.1) is 24.2 Å². The van der Waals surface area contributed by atoms with E-state index in [1.54, 1.807) is 11.8 Å². The highest BCUT2D eigenvalue weighted by Gasteiger charge is 2.10. The molecule has 0 saturated heterocycles. The van der Waals surface area contributed by atoms with E-state index in [0.29, 0.717) is 6.54 Å². The third kappa shape index (κ3) is 4.88. The van der Waals surface area contributed by atoms with Crippen molar-refractivity contribution in [3.8, 4) is 0 Å². The maximum absolute atomic E-state index is 12.0. The molecule has 0 aliphatic carbocycles. The van der Waals surface area contributed by atoms with Gasteiger partial charge in [-0.1, -0.05) is 6.07 Å². The second kappa shape index (κ2) is 8.40. The van der Waals surface area contributed by atoms with Gasteiger partial charge in [-0.2, -0.15) is 0 Å². The number of rotatable bonds is 5. The van der Waals surface area contributed by atoms with E-state index in [-0.39, 0.29) is 24.4 Å². The predicted molar refractivity (Wildman–Crippen MR) is 81.1 cm³/mol. The minimum absolute atomic E-state index is 0. The average molecular weight is 289 g/mol. The number of aryl methyl sites for hydroxylation is 1. The molecule has 3 nitrogen and oxygen atoms in total. The van der Waals surface area contributed by atoms with Crippen LogP contribution in [0, 0.1) is 6.92 Å². The molecule has 1 atom stereocenters. The first-order chi connectivity index (χ1) is 8.08. The van der Waals surface area contributed by atoms with Crippen molar-refractivity contribution in [2.75, 3.05) is 19.8 Å². The van der Waals surface area contributed by atoms with Gasteiger partial charge in [0.1, 0.15) is 0 Å². The van der Waals surface area contributed by atoms with Gasteiger partial charge in [0.25, 0.3) is 5.91 Å². The fourth-order valence-electron chi connectivity index (χ4n) is 1.42. The third-order valence-corrected chi connectivity index (χ3v) is 3.48. The van der Waals surface area contributed by atoms with E-state index >= 15 is 0 Å². The van der Waals surface area contributed by atoms with Gasteiger partial charge in [0, 0.05) is 23.0 Å². The lowest BCUT2D eigenvalue weighted by molar-refractivity contribution is 0.0949. The molecule has 5 heteroatoms. The van der Waals surface area contributed by atoms with Gasteiger partial charge in [-0.25, -0.2) is 0 Å². The number of carbonyl (C=O) groups excluding carboxylic acids is 1. The zero-order chi connectivity index (χ0) is 12.8. The van der Waals surface area contributed by atoms with Crippen LogP contribution in [0.4, 0.5) is 0 Å². The SMILES string of the molecule is CNC(C)CNC(=O)c1cc(SC)ccc1C.Cl. The maximum Gasteiger partial charge on any atom is 0.251 e. The Morgan fingerprint density at radius 1 is 1.44 bits per heavy atom. The molecule has 0 saturated carbocycles. The summed E-state index contributed by atoms with van der Waals surface area (Å²) in [5, 5.41) is 6.02. The van der Waals surface area contributed by atoms with Crippen molar-refractivity contribution in [1.82, 2.24) is 10.6 Å². The fraction of sp³-hybridized carbons (Fsp3) is 0.462. The van der Waals surface area contributed by atoms with E-state index in [0.717, 1.165) is 16.0 Å². The molecule has 2 N–H and O–H groups in total. The number of benzene rings is 1. The molecule has 1 rings (SSSR count). The van der Waals surface area contributed by atoms with Crippen molar-refractivity contribution in [1.29, 1.82) is 0 Å². The molecule has 0 aliphatic heterocycles. The monoisotopic (exact) mass is 288 g/mol. The average Bonchev–Trinajstić information content (AvgIpc) is 2.36. The van der Waals surface area contributed by atoms with Crippen molar-refractivity contribution in [2.45, 2.75) is 24.8 Å². The number of nitrogens with one attached hydrogen (secondary N) is 2. The van der Waals surface area contributed by atoms with Crippen molar-refractivity contribution >= 4 is 30.1 Å². The zero-order valence-electron chi connectivity index (χ0n) is 11.2. The standard InChI is InChI=1S/C13H20N2OS.ClH/c1-9-5-6-11(17-4)7-12(9)13(16)15-8-10(2)14-3;/h5-7,10,14H,8H2,1-4H3,(H,15,16);1H. The Bertz CT molecular complexity index is 399. The van der Waals surface area contributed by atoms with Gasteiger partial charge in [0.2, 0.25) is 0 Å². The highest BCUT2D eigenvalue weighted by Crippen LogP contribution is 2.18. The first-order valence-corrected chi connectivity index (χ1v) is 6.91. The van der Waals surface area contributed by atoms with Crippen molar-refractivity contribution in [3.63, 3.8) is 0 Å². The van der Waals surface area contributed by atoms with E-state index in [9.17, 15) is 4.79 Å². The number of carbonyl (C=O) groups is 1. The van der Waals surface area contributed by atoms with Gasteiger partial charge < -0.3 is 10.6 Å². The number of amides is 1. The van der Waals surface area contributed by atoms with Crippen LogP contribution in [0.15, 0.2) is 23.1 Å². The zero-order valence-corrected chi connectivity index (χ0v) is 12.9. The molecule has 1 aromatic carbocycles. The lowest BCUT2D eigenvalue weighted by Gasteiger charge is -2.13. The molecular weight excluding hydrogens is 268 g/mol. The summed E-state index contributed by atoms with van der Waals surface area (Å²) < 4.78 is 0. The van der Waals surface area contributed by atoms with E-state index in [1.807, 2.05) is 45.4 Å². The Balaban J connectivity index is 0.00000289. The van der Waals surface area contributed by atoms with Gasteiger partial charge in [-0.05, 0) is 44.8 Å². The topological polar surface area (TPSA) is 41.1 Å². The quantitative estimate of drug-likeness (QED) is 0.818. The molecule has 0 aromatic heterocycles. The van der Waals surface area contributed by atoms with Gasteiger partial charge >= 0.3 is 0 Å². The fourth-order valence-corrected chi connectivity index (χ4v) is 1.86. The van der Waals surface area contributed by atoms with Crippen LogP contribution in [-0.4, -0.2) is 31.8 Å². The molecule has 0 heterocycles. The normalized spacial score (nSPS) is 11.6. The van der Waals surface area contributed by atoms with Crippen LogP contribution >= 0.6 is 24.2 Å². The first kappa shape index (κ1) is 17.3. The molecule has 0 spiro atoms. The third-order valence-electron chi connectivity index (χ3n) is 2.75. The van der Waals surface area contributed by atoms with Gasteiger partial charge in [0.15, 0.2) is 0 Å². The largest absolute Gasteiger partial charge is 0.350 e. The molecular formula is C13H21ClN2OS. The number of hydrogen-bond acceptors (Lipinski definition) is 3. The van der Waals surface area contributed by atoms with Crippen LogP contribution in [0.5, 0.6) is 0 Å². The Labute approximate surface area is 120 Å². The van der Waals surface area contributed by atoms with Gasteiger partial charge in [-0.3, -0.25) is 4.79 Å². The van der Waals surface area contributed by atoms with Crippen LogP contribution in [0.25, 0.3) is 0 Å². The summed E-state index contributed by atoms with van der Waals surface area (Å²) in [5.74, 6) is 0.000463. The lowest BCUT2D eigenvalue weighted by Crippen LogP contribution is -2.37. The summed E-state index contributed by atoms with van der Waals surface area (Å²) in [6.07, 6.45) is 2.01. The molecule has 1 amide bonds. The second-order valence-electron chi connectivity index (χ2n) is 4.08. The minimum Gasteiger partial charge on any atom is -0.350 e. The second-order valence-corrected chi connectivity index (χ2v) is 4.96. The number of thioether (sulfide) groups is 1. The summed E-state index contributed by atoms with van der Waals surface area (Å²) in [7, 11) is 1.89. The highest BCUT2D eigenvalue weighted by molar-refractivity contribution is 7.98. The Hall–Kier alpha value is -0.710. The van der Waals surface area contributed by atoms with E-state index < -0.39 is 0 Å². The molecule has 0 fully saturated rings. The van der Waals surface area contributed by atoms with Gasteiger partial charge in [0.05, 0.1) is 0 Å². The highest BCUT2D eigenvalue weighted by atomic mass is 35.5. The molecule has 0 bridgehead atoms. The predicted octanol–water partition coefficient (Wildman–Crippen LogP) is 2.48. The van der Waals surface area contributed by atoms with Crippen LogP contribution < -0.4 is 10.6 Å². The smallest absolute Gasteiger partial charge is 0.251 e. The van der Waals surface area contributed by atoms with Crippen LogP contribution in [0.2, 0.25) is 0 Å². The molecule has 18 heavy (non-hydrogen) atoms. The van der Waals surface area contributed by atoms with Crippen LogP contribution in [0.1, 0.15) is 22.8 Å². The Morgan fingerprint density at radius 3 is 2.67 bits per heavy atom. The Morgan fingerprint density at radius 2 is 2.11 bits per heavy atom. The van der Waals surface area contributed by atoms with Crippen molar-refractivity contribution in [2.24, 2.45) is 0 Å². The summed E-state index contributed by atoms with van der Waals surface area (Å²) >= 11 is 1.65. The molecule has 102 valence electrons. The van der Waals surface area contributed by atoms with E-state index in [2.05, 4.69) is 10.6 Å². The van der Waals surface area contributed by atoms with E-state index in [1.165, 1.54) is 0 Å².